The van der Waals surface area contributed by atoms with E-state index in [4.69, 9.17) is 0 Å². The van der Waals surface area contributed by atoms with E-state index in [-0.39, 0.29) is 15.4 Å². The topological polar surface area (TPSA) is 55.2 Å². The average molecular weight is 394 g/mol. The first-order valence-electron chi connectivity index (χ1n) is 6.21. The quantitative estimate of drug-likeness (QED) is 0.419. The number of nitrogens with zero attached hydrogens (tertiary/aromatic N) is 1. The summed E-state index contributed by atoms with van der Waals surface area (Å²) in [5.74, 6) is 0. The van der Waals surface area contributed by atoms with Gasteiger partial charge in [0.2, 0.25) is 0 Å². The van der Waals surface area contributed by atoms with E-state index in [0.717, 1.165) is 25.1 Å². The molecule has 0 heterocycles. The van der Waals surface area contributed by atoms with E-state index >= 15 is 0 Å². The van der Waals surface area contributed by atoms with Crippen LogP contribution in [0, 0.1) is 13.7 Å². The van der Waals surface area contributed by atoms with Crippen molar-refractivity contribution >= 4 is 45.7 Å². The minimum absolute atomic E-state index is 0.160. The third kappa shape index (κ3) is 4.24. The van der Waals surface area contributed by atoms with Crippen LogP contribution in [0.3, 0.4) is 0 Å². The molecule has 1 N–H and O–H groups in total. The maximum atomic E-state index is 10.8. The van der Waals surface area contributed by atoms with Crippen molar-refractivity contribution in [3.8, 4) is 0 Å². The van der Waals surface area contributed by atoms with Crippen LogP contribution >= 0.6 is 34.4 Å². The zero-order valence-corrected chi connectivity index (χ0v) is 14.4. The smallest absolute Gasteiger partial charge is 0.282 e. The second-order valence-electron chi connectivity index (χ2n) is 4.37. The van der Waals surface area contributed by atoms with E-state index in [1.165, 1.54) is 0 Å². The van der Waals surface area contributed by atoms with Crippen molar-refractivity contribution in [1.82, 2.24) is 0 Å². The molecule has 0 aromatic heterocycles. The molecule has 0 saturated heterocycles. The van der Waals surface area contributed by atoms with Gasteiger partial charge in [0.15, 0.2) is 0 Å². The predicted octanol–water partition coefficient (Wildman–Crippen LogP) is 4.53. The van der Waals surface area contributed by atoms with Gasteiger partial charge in [0, 0.05) is 23.0 Å². The first kappa shape index (κ1) is 16.6. The Hall–Kier alpha value is -0.500. The summed E-state index contributed by atoms with van der Waals surface area (Å²) >= 11 is 3.88. The molecule has 0 aliphatic carbocycles. The van der Waals surface area contributed by atoms with Gasteiger partial charge in [0.25, 0.3) is 5.69 Å². The maximum absolute atomic E-state index is 10.8. The lowest BCUT2D eigenvalue weighted by molar-refractivity contribution is -0.385. The van der Waals surface area contributed by atoms with E-state index in [2.05, 4.69) is 25.4 Å². The minimum atomic E-state index is -0.351. The van der Waals surface area contributed by atoms with Crippen LogP contribution < -0.4 is 5.32 Å². The van der Waals surface area contributed by atoms with E-state index in [9.17, 15) is 10.1 Å². The van der Waals surface area contributed by atoms with Gasteiger partial charge in [-0.1, -0.05) is 13.8 Å². The Morgan fingerprint density at radius 2 is 2.05 bits per heavy atom. The van der Waals surface area contributed by atoms with Crippen molar-refractivity contribution in [2.24, 2.45) is 0 Å². The van der Waals surface area contributed by atoms with Crippen LogP contribution in [0.25, 0.3) is 0 Å². The van der Waals surface area contributed by atoms with Crippen molar-refractivity contribution in [2.75, 3.05) is 18.1 Å². The van der Waals surface area contributed by atoms with Crippen molar-refractivity contribution in [3.63, 3.8) is 0 Å². The molecule has 1 aromatic carbocycles. The van der Waals surface area contributed by atoms with Crippen LogP contribution in [-0.2, 0) is 0 Å². The van der Waals surface area contributed by atoms with Crippen LogP contribution in [-0.4, -0.2) is 22.5 Å². The Labute approximate surface area is 132 Å². The average Bonchev–Trinajstić information content (AvgIpc) is 2.40. The highest BCUT2D eigenvalue weighted by atomic mass is 127. The number of hydrogen-bond acceptors (Lipinski definition) is 4. The molecular weight excluding hydrogens is 375 g/mol. The highest BCUT2D eigenvalue weighted by Crippen LogP contribution is 2.31. The number of nitrogens with one attached hydrogen (secondary N) is 1. The van der Waals surface area contributed by atoms with Crippen LogP contribution in [0.4, 0.5) is 11.4 Å². The van der Waals surface area contributed by atoms with E-state index in [0.29, 0.717) is 3.57 Å². The van der Waals surface area contributed by atoms with Crippen LogP contribution in [0.2, 0.25) is 0 Å². The number of hydrogen-bond donors (Lipinski definition) is 1. The minimum Gasteiger partial charge on any atom is -0.384 e. The van der Waals surface area contributed by atoms with Crippen LogP contribution in [0.1, 0.15) is 26.7 Å². The van der Waals surface area contributed by atoms with Gasteiger partial charge in [-0.3, -0.25) is 10.1 Å². The Morgan fingerprint density at radius 1 is 1.42 bits per heavy atom. The van der Waals surface area contributed by atoms with Gasteiger partial charge in [0.1, 0.15) is 0 Å². The number of benzene rings is 1. The number of halogens is 1. The van der Waals surface area contributed by atoms with Gasteiger partial charge >= 0.3 is 0 Å². The molecule has 0 fully saturated rings. The second-order valence-corrected chi connectivity index (χ2v) is 6.81. The lowest BCUT2D eigenvalue weighted by Gasteiger charge is -2.30. The molecule has 0 unspecified atom stereocenters. The van der Waals surface area contributed by atoms with Crippen molar-refractivity contribution in [3.05, 3.63) is 31.9 Å². The lowest BCUT2D eigenvalue weighted by atomic mass is 10.0. The molecule has 1 aromatic rings. The number of anilines is 1. The number of nitro benzene ring substituents is 1. The fourth-order valence-electron chi connectivity index (χ4n) is 1.89. The third-order valence-corrected chi connectivity index (χ3v) is 5.93. The summed E-state index contributed by atoms with van der Waals surface area (Å²) in [5, 5.41) is 14.2. The molecular formula is C13H19IN2O2S. The summed E-state index contributed by atoms with van der Waals surface area (Å²) < 4.78 is 0.892. The monoisotopic (exact) mass is 394 g/mol. The summed E-state index contributed by atoms with van der Waals surface area (Å²) in [6.45, 7) is 5.26. The fraction of sp³-hybridized carbons (Fsp3) is 0.538. The summed E-state index contributed by atoms with van der Waals surface area (Å²) in [6.07, 6.45) is 4.33. The molecule has 4 nitrogen and oxygen atoms in total. The number of nitro groups is 1. The molecule has 19 heavy (non-hydrogen) atoms. The van der Waals surface area contributed by atoms with Crippen molar-refractivity contribution in [1.29, 1.82) is 0 Å². The third-order valence-electron chi connectivity index (χ3n) is 3.48. The molecule has 0 saturated carbocycles. The first-order valence-corrected chi connectivity index (χ1v) is 8.51. The molecule has 0 spiro atoms. The van der Waals surface area contributed by atoms with Gasteiger partial charge in [-0.2, -0.15) is 11.8 Å². The highest BCUT2D eigenvalue weighted by Gasteiger charge is 2.24. The predicted molar refractivity (Wildman–Crippen MR) is 91.1 cm³/mol. The van der Waals surface area contributed by atoms with E-state index in [1.54, 1.807) is 12.1 Å². The standard InChI is InChI=1S/C13H19IN2O2S/c1-4-13(5-2,19-3)9-15-10-6-7-12(16(17)18)11(14)8-10/h6-8,15H,4-5,9H2,1-3H3. The normalized spacial score (nSPS) is 11.4. The maximum Gasteiger partial charge on any atom is 0.282 e. The summed E-state index contributed by atoms with van der Waals surface area (Å²) in [7, 11) is 0. The Balaban J connectivity index is 2.78. The highest BCUT2D eigenvalue weighted by molar-refractivity contribution is 14.1. The fourth-order valence-corrected chi connectivity index (χ4v) is 3.40. The molecule has 0 radical (unpaired) electrons. The first-order chi connectivity index (χ1) is 8.98. The Bertz CT molecular complexity index is 442. The molecule has 0 aliphatic rings. The Morgan fingerprint density at radius 3 is 2.47 bits per heavy atom. The van der Waals surface area contributed by atoms with Crippen LogP contribution in [0.5, 0.6) is 0 Å². The molecule has 0 atom stereocenters. The zero-order valence-electron chi connectivity index (χ0n) is 11.4. The van der Waals surface area contributed by atoms with Crippen molar-refractivity contribution in [2.45, 2.75) is 31.4 Å². The van der Waals surface area contributed by atoms with Gasteiger partial charge < -0.3 is 5.32 Å². The van der Waals surface area contributed by atoms with E-state index in [1.807, 2.05) is 40.4 Å². The summed E-state index contributed by atoms with van der Waals surface area (Å²) in [5.41, 5.74) is 1.10. The number of rotatable bonds is 7. The second kappa shape index (κ2) is 7.33. The molecule has 0 amide bonds. The zero-order chi connectivity index (χ0) is 14.5. The molecule has 1 rings (SSSR count). The van der Waals surface area contributed by atoms with Gasteiger partial charge in [-0.15, -0.1) is 0 Å². The van der Waals surface area contributed by atoms with Gasteiger partial charge in [0.05, 0.1) is 8.49 Å². The van der Waals surface area contributed by atoms with Crippen LogP contribution in [0.15, 0.2) is 18.2 Å². The molecule has 106 valence electrons. The Kier molecular flexibility index (Phi) is 6.38. The lowest BCUT2D eigenvalue weighted by Crippen LogP contribution is -2.31. The van der Waals surface area contributed by atoms with Gasteiger partial charge in [-0.25, -0.2) is 0 Å². The SMILES string of the molecule is CCC(CC)(CNc1ccc([N+](=O)[O-])c(I)c1)SC. The summed E-state index contributed by atoms with van der Waals surface area (Å²) in [6, 6.07) is 5.16. The summed E-state index contributed by atoms with van der Waals surface area (Å²) in [4.78, 5) is 10.4. The molecule has 0 bridgehead atoms. The van der Waals surface area contributed by atoms with Gasteiger partial charge in [-0.05, 0) is 53.8 Å². The molecule has 0 aliphatic heterocycles. The molecule has 6 heteroatoms. The van der Waals surface area contributed by atoms with E-state index < -0.39 is 0 Å². The number of thioether (sulfide) groups is 1. The largest absolute Gasteiger partial charge is 0.384 e. The van der Waals surface area contributed by atoms with Crippen molar-refractivity contribution < 1.29 is 4.92 Å².